The van der Waals surface area contributed by atoms with Gasteiger partial charge in [-0.25, -0.2) is 0 Å². The van der Waals surface area contributed by atoms with Gasteiger partial charge in [0.05, 0.1) is 0 Å². The second-order valence-corrected chi connectivity index (χ2v) is 6.59. The van der Waals surface area contributed by atoms with E-state index in [0.29, 0.717) is 5.02 Å². The van der Waals surface area contributed by atoms with Crippen LogP contribution in [0, 0.1) is 5.92 Å². The summed E-state index contributed by atoms with van der Waals surface area (Å²) < 4.78 is 5.41. The summed E-state index contributed by atoms with van der Waals surface area (Å²) in [5.41, 5.74) is 0.724. The number of benzene rings is 1. The summed E-state index contributed by atoms with van der Waals surface area (Å²) in [6, 6.07) is 7.16. The van der Waals surface area contributed by atoms with E-state index in [1.807, 2.05) is 4.90 Å². The van der Waals surface area contributed by atoms with Crippen LogP contribution in [0.1, 0.15) is 23.2 Å². The Hall–Kier alpha value is -1.10. The fourth-order valence-electron chi connectivity index (χ4n) is 3.20. The molecule has 2 aliphatic heterocycles. The molecule has 0 aliphatic carbocycles. The van der Waals surface area contributed by atoms with Gasteiger partial charge in [-0.15, -0.1) is 0 Å². The predicted octanol–water partition coefficient (Wildman–Crippen LogP) is 2.52. The Morgan fingerprint density at radius 2 is 1.73 bits per heavy atom. The van der Waals surface area contributed by atoms with Gasteiger partial charge in [-0.1, -0.05) is 11.6 Å². The number of halogens is 1. The van der Waals surface area contributed by atoms with Crippen LogP contribution in [0.5, 0.6) is 0 Å². The third kappa shape index (κ3) is 4.00. The number of carbonyl (C=O) groups is 1. The second kappa shape index (κ2) is 7.44. The summed E-state index contributed by atoms with van der Waals surface area (Å²) in [5.74, 6) is 0.870. The fourth-order valence-corrected chi connectivity index (χ4v) is 3.33. The summed E-state index contributed by atoms with van der Waals surface area (Å²) in [6.07, 6.45) is 2.34. The third-order valence-corrected chi connectivity index (χ3v) is 4.86. The van der Waals surface area contributed by atoms with Crippen LogP contribution in [0.3, 0.4) is 0 Å². The molecule has 120 valence electrons. The van der Waals surface area contributed by atoms with Gasteiger partial charge in [-0.3, -0.25) is 9.69 Å². The molecule has 0 spiro atoms. The van der Waals surface area contributed by atoms with Gasteiger partial charge in [0.25, 0.3) is 5.91 Å². The monoisotopic (exact) mass is 322 g/mol. The summed E-state index contributed by atoms with van der Waals surface area (Å²) in [6.45, 7) is 6.51. The van der Waals surface area contributed by atoms with Gasteiger partial charge in [0, 0.05) is 56.5 Å². The SMILES string of the molecule is O=C(c1ccc(Cl)cc1)N1CCN(CC2CCOCC2)CC1. The lowest BCUT2D eigenvalue weighted by atomic mass is 9.99. The Bertz CT molecular complexity index is 492. The highest BCUT2D eigenvalue weighted by molar-refractivity contribution is 6.30. The molecule has 1 aromatic carbocycles. The molecular formula is C17H23ClN2O2. The molecule has 5 heteroatoms. The standard InChI is InChI=1S/C17H23ClN2O2/c18-16-3-1-15(2-4-16)17(21)20-9-7-19(8-10-20)13-14-5-11-22-12-6-14/h1-4,14H,5-13H2. The fraction of sp³-hybridized carbons (Fsp3) is 0.588. The van der Waals surface area contributed by atoms with E-state index in [4.69, 9.17) is 16.3 Å². The zero-order valence-corrected chi connectivity index (χ0v) is 13.6. The average molecular weight is 323 g/mol. The molecule has 0 atom stereocenters. The molecule has 0 unspecified atom stereocenters. The number of rotatable bonds is 3. The average Bonchev–Trinajstić information content (AvgIpc) is 2.57. The van der Waals surface area contributed by atoms with Crippen LogP contribution in [0.15, 0.2) is 24.3 Å². The molecule has 2 saturated heterocycles. The highest BCUT2D eigenvalue weighted by Crippen LogP contribution is 2.18. The first-order chi connectivity index (χ1) is 10.7. The van der Waals surface area contributed by atoms with E-state index in [-0.39, 0.29) is 5.91 Å². The normalized spacial score (nSPS) is 21.0. The highest BCUT2D eigenvalue weighted by atomic mass is 35.5. The zero-order valence-electron chi connectivity index (χ0n) is 12.8. The number of amides is 1. The Morgan fingerprint density at radius 3 is 2.36 bits per heavy atom. The van der Waals surface area contributed by atoms with Gasteiger partial charge in [0.2, 0.25) is 0 Å². The Kier molecular flexibility index (Phi) is 5.34. The molecule has 1 amide bonds. The predicted molar refractivity (Wildman–Crippen MR) is 87.3 cm³/mol. The van der Waals surface area contributed by atoms with Gasteiger partial charge in [-0.2, -0.15) is 0 Å². The van der Waals surface area contributed by atoms with Gasteiger partial charge >= 0.3 is 0 Å². The molecule has 2 fully saturated rings. The van der Waals surface area contributed by atoms with Crippen molar-refractivity contribution in [2.24, 2.45) is 5.92 Å². The first kappa shape index (κ1) is 15.8. The van der Waals surface area contributed by atoms with Crippen LogP contribution < -0.4 is 0 Å². The minimum atomic E-state index is 0.113. The number of hydrogen-bond donors (Lipinski definition) is 0. The summed E-state index contributed by atoms with van der Waals surface area (Å²) in [5, 5.41) is 0.665. The molecule has 22 heavy (non-hydrogen) atoms. The molecule has 0 saturated carbocycles. The van der Waals surface area contributed by atoms with E-state index in [2.05, 4.69) is 4.90 Å². The molecular weight excluding hydrogens is 300 g/mol. The lowest BCUT2D eigenvalue weighted by molar-refractivity contribution is 0.0393. The van der Waals surface area contributed by atoms with E-state index >= 15 is 0 Å². The Balaban J connectivity index is 1.48. The van der Waals surface area contributed by atoms with Crippen LogP contribution in [-0.4, -0.2) is 61.6 Å². The van der Waals surface area contributed by atoms with E-state index in [1.54, 1.807) is 24.3 Å². The Morgan fingerprint density at radius 1 is 1.09 bits per heavy atom. The summed E-state index contributed by atoms with van der Waals surface area (Å²) >= 11 is 5.87. The third-order valence-electron chi connectivity index (χ3n) is 4.61. The largest absolute Gasteiger partial charge is 0.381 e. The molecule has 4 nitrogen and oxygen atoms in total. The van der Waals surface area contributed by atoms with Crippen molar-refractivity contribution in [1.82, 2.24) is 9.80 Å². The van der Waals surface area contributed by atoms with Crippen LogP contribution in [0.2, 0.25) is 5.02 Å². The van der Waals surface area contributed by atoms with E-state index < -0.39 is 0 Å². The van der Waals surface area contributed by atoms with Crippen molar-refractivity contribution in [3.05, 3.63) is 34.9 Å². The molecule has 0 radical (unpaired) electrons. The first-order valence-corrected chi connectivity index (χ1v) is 8.45. The molecule has 0 aromatic heterocycles. The number of hydrogen-bond acceptors (Lipinski definition) is 3. The van der Waals surface area contributed by atoms with Crippen LogP contribution in [0.4, 0.5) is 0 Å². The maximum absolute atomic E-state index is 12.5. The van der Waals surface area contributed by atoms with Crippen molar-refractivity contribution in [1.29, 1.82) is 0 Å². The number of nitrogens with zero attached hydrogens (tertiary/aromatic N) is 2. The molecule has 3 rings (SSSR count). The molecule has 2 aliphatic rings. The van der Waals surface area contributed by atoms with E-state index in [1.165, 1.54) is 12.8 Å². The van der Waals surface area contributed by atoms with Crippen molar-refractivity contribution >= 4 is 17.5 Å². The quantitative estimate of drug-likeness (QED) is 0.857. The summed E-state index contributed by atoms with van der Waals surface area (Å²) in [4.78, 5) is 16.9. The second-order valence-electron chi connectivity index (χ2n) is 6.16. The van der Waals surface area contributed by atoms with Crippen LogP contribution in [0.25, 0.3) is 0 Å². The molecule has 0 N–H and O–H groups in total. The zero-order chi connectivity index (χ0) is 15.4. The lowest BCUT2D eigenvalue weighted by Crippen LogP contribution is -2.50. The minimum Gasteiger partial charge on any atom is -0.381 e. The smallest absolute Gasteiger partial charge is 0.253 e. The topological polar surface area (TPSA) is 32.8 Å². The molecule has 2 heterocycles. The molecule has 0 bridgehead atoms. The maximum Gasteiger partial charge on any atom is 0.253 e. The molecule has 1 aromatic rings. The van der Waals surface area contributed by atoms with E-state index in [9.17, 15) is 4.79 Å². The minimum absolute atomic E-state index is 0.113. The summed E-state index contributed by atoms with van der Waals surface area (Å²) in [7, 11) is 0. The van der Waals surface area contributed by atoms with Gasteiger partial charge in [0.15, 0.2) is 0 Å². The Labute approximate surface area is 137 Å². The maximum atomic E-state index is 12.5. The van der Waals surface area contributed by atoms with Crippen LogP contribution in [-0.2, 0) is 4.74 Å². The van der Waals surface area contributed by atoms with Crippen LogP contribution >= 0.6 is 11.6 Å². The van der Waals surface area contributed by atoms with Gasteiger partial charge < -0.3 is 9.64 Å². The van der Waals surface area contributed by atoms with Gasteiger partial charge in [-0.05, 0) is 43.0 Å². The highest BCUT2D eigenvalue weighted by Gasteiger charge is 2.24. The number of ether oxygens (including phenoxy) is 1. The van der Waals surface area contributed by atoms with Gasteiger partial charge in [0.1, 0.15) is 0 Å². The van der Waals surface area contributed by atoms with Crippen molar-refractivity contribution in [2.75, 3.05) is 45.9 Å². The first-order valence-electron chi connectivity index (χ1n) is 8.07. The number of piperazine rings is 1. The van der Waals surface area contributed by atoms with E-state index in [0.717, 1.165) is 57.4 Å². The number of carbonyl (C=O) groups excluding carboxylic acids is 1. The van der Waals surface area contributed by atoms with Crippen molar-refractivity contribution in [3.63, 3.8) is 0 Å². The lowest BCUT2D eigenvalue weighted by Gasteiger charge is -2.37. The van der Waals surface area contributed by atoms with Crippen molar-refractivity contribution in [2.45, 2.75) is 12.8 Å². The van der Waals surface area contributed by atoms with Crippen molar-refractivity contribution < 1.29 is 9.53 Å². The van der Waals surface area contributed by atoms with Crippen molar-refractivity contribution in [3.8, 4) is 0 Å².